The van der Waals surface area contributed by atoms with Crippen molar-refractivity contribution in [3.05, 3.63) is 78.4 Å². The molecule has 164 valence electrons. The minimum atomic E-state index is 0.107. The number of nitrogens with zero attached hydrogens (tertiary/aromatic N) is 2. The first-order valence-electron chi connectivity index (χ1n) is 10.7. The monoisotopic (exact) mass is 428 g/mol. The summed E-state index contributed by atoms with van der Waals surface area (Å²) >= 11 is 0. The summed E-state index contributed by atoms with van der Waals surface area (Å²) in [7, 11) is 1.66. The van der Waals surface area contributed by atoms with Gasteiger partial charge in [0.25, 0.3) is 0 Å². The first-order chi connectivity index (χ1) is 15.4. The Kier molecular flexibility index (Phi) is 6.37. The Bertz CT molecular complexity index is 1160. The molecule has 0 saturated heterocycles. The van der Waals surface area contributed by atoms with Gasteiger partial charge in [-0.05, 0) is 58.5 Å². The van der Waals surface area contributed by atoms with Crippen molar-refractivity contribution in [1.82, 2.24) is 10.2 Å². The Hall–Kier alpha value is -3.44. The van der Waals surface area contributed by atoms with Gasteiger partial charge >= 0.3 is 0 Å². The molecule has 4 aromatic rings. The minimum Gasteiger partial charge on any atom is -0.491 e. The van der Waals surface area contributed by atoms with Crippen molar-refractivity contribution < 1.29 is 13.9 Å². The van der Waals surface area contributed by atoms with Crippen LogP contribution in [0.5, 0.6) is 5.75 Å². The van der Waals surface area contributed by atoms with E-state index in [1.165, 1.54) is 5.56 Å². The molecule has 4 rings (SSSR count). The SMILES string of the molecule is COCCOc1cccc(-c2ccc(-c3nnc(-c4ccc(C(C)(C)C)cc4)o3)cc2)c1. The van der Waals surface area contributed by atoms with Gasteiger partial charge in [0.1, 0.15) is 12.4 Å². The number of aromatic nitrogens is 2. The molecule has 0 N–H and O–H groups in total. The lowest BCUT2D eigenvalue weighted by Crippen LogP contribution is -2.10. The van der Waals surface area contributed by atoms with Crippen LogP contribution in [0.25, 0.3) is 34.0 Å². The molecule has 0 amide bonds. The molecule has 0 aliphatic rings. The van der Waals surface area contributed by atoms with Crippen LogP contribution < -0.4 is 4.74 Å². The lowest BCUT2D eigenvalue weighted by molar-refractivity contribution is 0.146. The molecule has 0 aliphatic heterocycles. The molecule has 0 atom stereocenters. The zero-order chi connectivity index (χ0) is 22.6. The highest BCUT2D eigenvalue weighted by atomic mass is 16.5. The number of ether oxygens (including phenoxy) is 2. The highest BCUT2D eigenvalue weighted by Crippen LogP contribution is 2.29. The van der Waals surface area contributed by atoms with Crippen LogP contribution in [-0.4, -0.2) is 30.5 Å². The zero-order valence-electron chi connectivity index (χ0n) is 19.0. The molecule has 1 heterocycles. The van der Waals surface area contributed by atoms with Crippen molar-refractivity contribution in [1.29, 1.82) is 0 Å². The molecule has 3 aromatic carbocycles. The summed E-state index contributed by atoms with van der Waals surface area (Å²) in [5.74, 6) is 1.84. The molecule has 1 aromatic heterocycles. The lowest BCUT2D eigenvalue weighted by atomic mass is 9.87. The topological polar surface area (TPSA) is 57.4 Å². The second kappa shape index (κ2) is 9.37. The van der Waals surface area contributed by atoms with E-state index in [-0.39, 0.29) is 5.41 Å². The highest BCUT2D eigenvalue weighted by Gasteiger charge is 2.15. The van der Waals surface area contributed by atoms with Gasteiger partial charge in [-0.2, -0.15) is 0 Å². The fourth-order valence-corrected chi connectivity index (χ4v) is 3.38. The van der Waals surface area contributed by atoms with Crippen LogP contribution in [0.15, 0.2) is 77.2 Å². The van der Waals surface area contributed by atoms with Crippen molar-refractivity contribution in [2.45, 2.75) is 26.2 Å². The second-order valence-corrected chi connectivity index (χ2v) is 8.69. The summed E-state index contributed by atoms with van der Waals surface area (Å²) in [5, 5.41) is 8.48. The molecule has 0 saturated carbocycles. The Morgan fingerprint density at radius 1 is 0.719 bits per heavy atom. The van der Waals surface area contributed by atoms with E-state index in [1.807, 2.05) is 54.6 Å². The van der Waals surface area contributed by atoms with Crippen LogP contribution in [-0.2, 0) is 10.2 Å². The molecule has 0 spiro atoms. The number of hydrogen-bond donors (Lipinski definition) is 0. The van der Waals surface area contributed by atoms with E-state index in [1.54, 1.807) is 7.11 Å². The predicted molar refractivity (Wildman–Crippen MR) is 127 cm³/mol. The van der Waals surface area contributed by atoms with E-state index in [4.69, 9.17) is 13.9 Å². The summed E-state index contributed by atoms with van der Waals surface area (Å²) < 4.78 is 16.7. The molecule has 5 heteroatoms. The number of rotatable bonds is 7. The maximum Gasteiger partial charge on any atom is 0.248 e. The largest absolute Gasteiger partial charge is 0.491 e. The Labute approximate surface area is 189 Å². The Morgan fingerprint density at radius 3 is 1.91 bits per heavy atom. The number of hydrogen-bond acceptors (Lipinski definition) is 5. The third-order valence-corrected chi connectivity index (χ3v) is 5.28. The fraction of sp³-hybridized carbons (Fsp3) is 0.259. The molecule has 0 fully saturated rings. The quantitative estimate of drug-likeness (QED) is 0.319. The van der Waals surface area contributed by atoms with E-state index >= 15 is 0 Å². The molecule has 0 aliphatic carbocycles. The van der Waals surface area contributed by atoms with Gasteiger partial charge < -0.3 is 13.9 Å². The second-order valence-electron chi connectivity index (χ2n) is 8.69. The van der Waals surface area contributed by atoms with Crippen LogP contribution in [0.3, 0.4) is 0 Å². The fourth-order valence-electron chi connectivity index (χ4n) is 3.38. The van der Waals surface area contributed by atoms with E-state index in [0.717, 1.165) is 28.0 Å². The lowest BCUT2D eigenvalue weighted by Gasteiger charge is -2.18. The average molecular weight is 429 g/mol. The minimum absolute atomic E-state index is 0.107. The molecule has 0 radical (unpaired) electrons. The Balaban J connectivity index is 1.49. The van der Waals surface area contributed by atoms with Crippen molar-refractivity contribution in [2.75, 3.05) is 20.3 Å². The summed E-state index contributed by atoms with van der Waals surface area (Å²) in [5.41, 5.74) is 5.34. The molecule has 0 bridgehead atoms. The highest BCUT2D eigenvalue weighted by molar-refractivity contribution is 5.68. The maximum atomic E-state index is 5.95. The van der Waals surface area contributed by atoms with Gasteiger partial charge in [-0.15, -0.1) is 10.2 Å². The third kappa shape index (κ3) is 5.06. The first-order valence-corrected chi connectivity index (χ1v) is 10.7. The van der Waals surface area contributed by atoms with E-state index < -0.39 is 0 Å². The molecular weight excluding hydrogens is 400 g/mol. The van der Waals surface area contributed by atoms with Gasteiger partial charge in [0.05, 0.1) is 6.61 Å². The van der Waals surface area contributed by atoms with Crippen LogP contribution in [0.2, 0.25) is 0 Å². The summed E-state index contributed by atoms with van der Waals surface area (Å²) in [4.78, 5) is 0. The van der Waals surface area contributed by atoms with Gasteiger partial charge in [0.15, 0.2) is 0 Å². The normalized spacial score (nSPS) is 11.5. The summed E-state index contributed by atoms with van der Waals surface area (Å²) in [6, 6.07) is 24.4. The van der Waals surface area contributed by atoms with E-state index in [9.17, 15) is 0 Å². The molecule has 32 heavy (non-hydrogen) atoms. The van der Waals surface area contributed by atoms with Crippen molar-refractivity contribution >= 4 is 0 Å². The van der Waals surface area contributed by atoms with Crippen molar-refractivity contribution in [2.24, 2.45) is 0 Å². The average Bonchev–Trinajstić information content (AvgIpc) is 3.30. The zero-order valence-corrected chi connectivity index (χ0v) is 19.0. The smallest absolute Gasteiger partial charge is 0.248 e. The van der Waals surface area contributed by atoms with E-state index in [2.05, 4.69) is 49.2 Å². The number of methoxy groups -OCH3 is 1. The van der Waals surface area contributed by atoms with Crippen LogP contribution in [0, 0.1) is 0 Å². The van der Waals surface area contributed by atoms with Crippen LogP contribution in [0.4, 0.5) is 0 Å². The van der Waals surface area contributed by atoms with Gasteiger partial charge in [-0.1, -0.05) is 57.2 Å². The van der Waals surface area contributed by atoms with Crippen LogP contribution in [0.1, 0.15) is 26.3 Å². The molecule has 5 nitrogen and oxygen atoms in total. The van der Waals surface area contributed by atoms with E-state index in [0.29, 0.717) is 25.0 Å². The van der Waals surface area contributed by atoms with Gasteiger partial charge in [0, 0.05) is 18.2 Å². The van der Waals surface area contributed by atoms with Crippen LogP contribution >= 0.6 is 0 Å². The maximum absolute atomic E-state index is 5.95. The number of benzene rings is 3. The van der Waals surface area contributed by atoms with Gasteiger partial charge in [-0.25, -0.2) is 0 Å². The van der Waals surface area contributed by atoms with Crippen molar-refractivity contribution in [3.8, 4) is 39.8 Å². The summed E-state index contributed by atoms with van der Waals surface area (Å²) in [6.45, 7) is 7.67. The third-order valence-electron chi connectivity index (χ3n) is 5.28. The Morgan fingerprint density at radius 2 is 1.31 bits per heavy atom. The predicted octanol–water partition coefficient (Wildman–Crippen LogP) is 6.39. The van der Waals surface area contributed by atoms with Gasteiger partial charge in [0.2, 0.25) is 11.8 Å². The van der Waals surface area contributed by atoms with Gasteiger partial charge in [-0.3, -0.25) is 0 Å². The molecule has 0 unspecified atom stereocenters. The first kappa shape index (κ1) is 21.8. The summed E-state index contributed by atoms with van der Waals surface area (Å²) in [6.07, 6.45) is 0. The van der Waals surface area contributed by atoms with Crippen molar-refractivity contribution in [3.63, 3.8) is 0 Å². The standard InChI is InChI=1S/C27H28N2O3/c1-27(2,3)23-14-12-21(13-15-23)26-29-28-25(32-26)20-10-8-19(9-11-20)22-6-5-7-24(18-22)31-17-16-30-4/h5-15,18H,16-17H2,1-4H3. The molecular formula is C27H28N2O3.